The summed E-state index contributed by atoms with van der Waals surface area (Å²) in [5, 5.41) is 28.2. The average Bonchev–Trinajstić information content (AvgIpc) is 2.26. The van der Waals surface area contributed by atoms with E-state index in [1.807, 2.05) is 0 Å². The number of nitro benzene ring substituents is 1. The standard InChI is InChI=1S/C9H6FNO6/c10-6-4(3-12)1-2-5(7(6)11(16)17)8(13)9(14)15/h1-3,8,13H,(H,14,15). The fraction of sp³-hybridized carbons (Fsp3) is 0.111. The number of aliphatic hydroxyl groups excluding tert-OH is 1. The zero-order valence-corrected chi connectivity index (χ0v) is 8.16. The molecule has 0 radical (unpaired) electrons. The topological polar surface area (TPSA) is 118 Å². The van der Waals surface area contributed by atoms with Crippen molar-refractivity contribution in [2.24, 2.45) is 0 Å². The molecule has 0 saturated heterocycles. The maximum atomic E-state index is 13.4. The van der Waals surface area contributed by atoms with E-state index < -0.39 is 39.6 Å². The van der Waals surface area contributed by atoms with Crippen molar-refractivity contribution < 1.29 is 29.1 Å². The number of benzene rings is 1. The molecule has 90 valence electrons. The van der Waals surface area contributed by atoms with Gasteiger partial charge in [-0.15, -0.1) is 0 Å². The molecule has 0 amide bonds. The van der Waals surface area contributed by atoms with Gasteiger partial charge in [0, 0.05) is 0 Å². The summed E-state index contributed by atoms with van der Waals surface area (Å²) in [6.45, 7) is 0. The lowest BCUT2D eigenvalue weighted by Gasteiger charge is -2.07. The van der Waals surface area contributed by atoms with Crippen LogP contribution in [0.4, 0.5) is 10.1 Å². The number of carbonyl (C=O) groups excluding carboxylic acids is 1. The third kappa shape index (κ3) is 2.26. The Morgan fingerprint density at radius 3 is 2.53 bits per heavy atom. The van der Waals surface area contributed by atoms with E-state index in [0.29, 0.717) is 0 Å². The number of aliphatic hydroxyl groups is 1. The van der Waals surface area contributed by atoms with Gasteiger partial charge in [0.1, 0.15) is 0 Å². The molecule has 0 aliphatic heterocycles. The van der Waals surface area contributed by atoms with E-state index in [2.05, 4.69) is 0 Å². The van der Waals surface area contributed by atoms with Crippen LogP contribution >= 0.6 is 0 Å². The maximum absolute atomic E-state index is 13.4. The Labute approximate surface area is 93.3 Å². The van der Waals surface area contributed by atoms with Gasteiger partial charge in [-0.3, -0.25) is 14.9 Å². The molecule has 0 spiro atoms. The van der Waals surface area contributed by atoms with Gasteiger partial charge in [-0.2, -0.15) is 4.39 Å². The lowest BCUT2D eigenvalue weighted by molar-refractivity contribution is -0.388. The van der Waals surface area contributed by atoms with Crippen molar-refractivity contribution in [2.45, 2.75) is 6.10 Å². The molecular formula is C9H6FNO6. The second-order valence-corrected chi connectivity index (χ2v) is 3.02. The van der Waals surface area contributed by atoms with E-state index in [9.17, 15) is 24.1 Å². The number of halogens is 1. The highest BCUT2D eigenvalue weighted by Gasteiger charge is 2.30. The molecule has 0 saturated carbocycles. The minimum atomic E-state index is -2.23. The van der Waals surface area contributed by atoms with E-state index in [1.165, 1.54) is 0 Å². The number of rotatable bonds is 4. The number of carbonyl (C=O) groups is 2. The van der Waals surface area contributed by atoms with Crippen LogP contribution in [0.2, 0.25) is 0 Å². The Hall–Kier alpha value is -2.35. The van der Waals surface area contributed by atoms with E-state index in [1.54, 1.807) is 0 Å². The largest absolute Gasteiger partial charge is 0.479 e. The smallest absolute Gasteiger partial charge is 0.337 e. The Bertz CT molecular complexity index is 501. The maximum Gasteiger partial charge on any atom is 0.337 e. The highest BCUT2D eigenvalue weighted by Crippen LogP contribution is 2.29. The predicted octanol–water partition coefficient (Wildman–Crippen LogP) is 0.664. The van der Waals surface area contributed by atoms with E-state index in [0.717, 1.165) is 12.1 Å². The fourth-order valence-electron chi connectivity index (χ4n) is 1.23. The Morgan fingerprint density at radius 1 is 1.53 bits per heavy atom. The summed E-state index contributed by atoms with van der Waals surface area (Å²) in [7, 11) is 0. The number of carboxylic acid groups (broad SMARTS) is 1. The number of hydrogen-bond donors (Lipinski definition) is 2. The van der Waals surface area contributed by atoms with Gasteiger partial charge < -0.3 is 10.2 Å². The zero-order valence-electron chi connectivity index (χ0n) is 8.16. The highest BCUT2D eigenvalue weighted by atomic mass is 19.1. The first-order chi connectivity index (χ1) is 7.90. The summed E-state index contributed by atoms with van der Waals surface area (Å²) in [6.07, 6.45) is -2.18. The second-order valence-electron chi connectivity index (χ2n) is 3.02. The third-order valence-corrected chi connectivity index (χ3v) is 2.02. The lowest BCUT2D eigenvalue weighted by atomic mass is 10.0. The predicted molar refractivity (Wildman–Crippen MR) is 51.0 cm³/mol. The van der Waals surface area contributed by atoms with Gasteiger partial charge >= 0.3 is 11.7 Å². The second kappa shape index (κ2) is 4.66. The van der Waals surface area contributed by atoms with E-state index in [4.69, 9.17) is 10.2 Å². The molecule has 1 atom stereocenters. The lowest BCUT2D eigenvalue weighted by Crippen LogP contribution is -2.14. The van der Waals surface area contributed by atoms with Crippen LogP contribution in [-0.4, -0.2) is 27.4 Å². The minimum absolute atomic E-state index is 0.0548. The first-order valence-electron chi connectivity index (χ1n) is 4.23. The summed E-state index contributed by atoms with van der Waals surface area (Å²) in [4.78, 5) is 30.2. The average molecular weight is 243 g/mol. The molecule has 0 aliphatic rings. The van der Waals surface area contributed by atoms with Crippen molar-refractivity contribution in [1.29, 1.82) is 0 Å². The minimum Gasteiger partial charge on any atom is -0.479 e. The SMILES string of the molecule is O=Cc1ccc(C(O)C(=O)O)c([N+](=O)[O-])c1F. The number of aliphatic carboxylic acids is 1. The Balaban J connectivity index is 3.52. The van der Waals surface area contributed by atoms with Crippen molar-refractivity contribution in [1.82, 2.24) is 0 Å². The van der Waals surface area contributed by atoms with Gasteiger partial charge in [-0.25, -0.2) is 4.79 Å². The number of aldehydes is 1. The quantitative estimate of drug-likeness (QED) is 0.455. The molecule has 1 aromatic rings. The molecule has 7 nitrogen and oxygen atoms in total. The van der Waals surface area contributed by atoms with Crippen molar-refractivity contribution in [3.63, 3.8) is 0 Å². The summed E-state index contributed by atoms with van der Waals surface area (Å²) in [5.41, 5.74) is -2.52. The van der Waals surface area contributed by atoms with Crippen molar-refractivity contribution in [2.75, 3.05) is 0 Å². The molecule has 2 N–H and O–H groups in total. The molecule has 1 unspecified atom stereocenters. The van der Waals surface area contributed by atoms with Crippen molar-refractivity contribution >= 4 is 17.9 Å². The number of nitro groups is 1. The first-order valence-corrected chi connectivity index (χ1v) is 4.23. The third-order valence-electron chi connectivity index (χ3n) is 2.02. The van der Waals surface area contributed by atoms with Gasteiger partial charge in [0.2, 0.25) is 5.82 Å². The molecule has 1 rings (SSSR count). The molecule has 0 bridgehead atoms. The van der Waals surface area contributed by atoms with Crippen LogP contribution in [0.25, 0.3) is 0 Å². The van der Waals surface area contributed by atoms with Gasteiger partial charge in [0.15, 0.2) is 12.4 Å². The fourth-order valence-corrected chi connectivity index (χ4v) is 1.23. The first kappa shape index (κ1) is 12.7. The Morgan fingerprint density at radius 2 is 2.12 bits per heavy atom. The summed E-state index contributed by atoms with van der Waals surface area (Å²) >= 11 is 0. The van der Waals surface area contributed by atoms with Crippen LogP contribution in [0.3, 0.4) is 0 Å². The van der Waals surface area contributed by atoms with Gasteiger partial charge in [0.05, 0.1) is 16.1 Å². The van der Waals surface area contributed by atoms with Crippen LogP contribution in [0.5, 0.6) is 0 Å². The molecule has 17 heavy (non-hydrogen) atoms. The van der Waals surface area contributed by atoms with Crippen molar-refractivity contribution in [3.05, 3.63) is 39.2 Å². The van der Waals surface area contributed by atoms with Crippen LogP contribution < -0.4 is 0 Å². The molecule has 0 aromatic heterocycles. The normalized spacial score (nSPS) is 11.9. The molecule has 8 heteroatoms. The summed E-state index contributed by atoms with van der Waals surface area (Å²) < 4.78 is 13.4. The number of nitrogens with zero attached hydrogens (tertiary/aromatic N) is 1. The summed E-state index contributed by atoms with van der Waals surface area (Å²) in [6, 6.07) is 1.68. The highest BCUT2D eigenvalue weighted by molar-refractivity contribution is 5.80. The van der Waals surface area contributed by atoms with E-state index in [-0.39, 0.29) is 6.29 Å². The molecule has 1 aromatic carbocycles. The van der Waals surface area contributed by atoms with Crippen LogP contribution in [-0.2, 0) is 4.79 Å². The molecule has 0 heterocycles. The molecule has 0 fully saturated rings. The number of hydrogen-bond acceptors (Lipinski definition) is 5. The van der Waals surface area contributed by atoms with Crippen molar-refractivity contribution in [3.8, 4) is 0 Å². The van der Waals surface area contributed by atoms with Crippen LogP contribution in [0.15, 0.2) is 12.1 Å². The number of carboxylic acids is 1. The van der Waals surface area contributed by atoms with Crippen LogP contribution in [0, 0.1) is 15.9 Å². The van der Waals surface area contributed by atoms with E-state index >= 15 is 0 Å². The zero-order chi connectivity index (χ0) is 13.2. The van der Waals surface area contributed by atoms with Gasteiger partial charge in [-0.05, 0) is 12.1 Å². The molecule has 0 aliphatic carbocycles. The van der Waals surface area contributed by atoms with Gasteiger partial charge in [-0.1, -0.05) is 0 Å². The van der Waals surface area contributed by atoms with Gasteiger partial charge in [0.25, 0.3) is 0 Å². The van der Waals surface area contributed by atoms with Crippen LogP contribution in [0.1, 0.15) is 22.0 Å². The molecular weight excluding hydrogens is 237 g/mol. The summed E-state index contributed by atoms with van der Waals surface area (Å²) in [5.74, 6) is -3.23. The monoisotopic (exact) mass is 243 g/mol. The Kier molecular flexibility index (Phi) is 3.49.